The molecule has 6 heteroatoms. The van der Waals surface area contributed by atoms with Crippen LogP contribution >= 0.6 is 15.9 Å². The second-order valence-electron chi connectivity index (χ2n) is 3.76. The molecule has 90 valence electrons. The normalized spacial score (nSPS) is 10.6. The van der Waals surface area contributed by atoms with Crippen LogP contribution in [0.2, 0.25) is 0 Å². The Morgan fingerprint density at radius 3 is 2.82 bits per heavy atom. The molecule has 0 aliphatic carbocycles. The van der Waals surface area contributed by atoms with Gasteiger partial charge in [0.1, 0.15) is 0 Å². The second kappa shape index (κ2) is 4.83. The highest BCUT2D eigenvalue weighted by molar-refractivity contribution is 9.10. The molecule has 0 aliphatic heterocycles. The van der Waals surface area contributed by atoms with Crippen molar-refractivity contribution >= 4 is 21.7 Å². The van der Waals surface area contributed by atoms with Crippen LogP contribution in [0.25, 0.3) is 0 Å². The predicted octanol–water partition coefficient (Wildman–Crippen LogP) is 2.94. The Kier molecular flexibility index (Phi) is 3.42. The summed E-state index contributed by atoms with van der Waals surface area (Å²) in [7, 11) is 0. The minimum atomic E-state index is -0.385. The third-order valence-corrected chi connectivity index (χ3v) is 3.02. The second-order valence-corrected chi connectivity index (χ2v) is 4.67. The molecule has 2 heterocycles. The molecule has 2 rings (SSSR count). The van der Waals surface area contributed by atoms with Crippen LogP contribution in [0.1, 0.15) is 17.0 Å². The van der Waals surface area contributed by atoms with E-state index in [-0.39, 0.29) is 11.6 Å². The molecule has 0 unspecified atom stereocenters. The lowest BCUT2D eigenvalue weighted by atomic mass is 10.2. The van der Waals surface area contributed by atoms with E-state index in [0.717, 1.165) is 17.0 Å². The zero-order valence-electron chi connectivity index (χ0n) is 9.51. The van der Waals surface area contributed by atoms with Gasteiger partial charge in [0.25, 0.3) is 0 Å². The molecule has 4 nitrogen and oxygen atoms in total. The summed E-state index contributed by atoms with van der Waals surface area (Å²) in [5.74, 6) is -0.155. The molecule has 0 radical (unpaired) electrons. The number of anilines is 1. The number of H-pyrrole nitrogens is 1. The van der Waals surface area contributed by atoms with E-state index in [2.05, 4.69) is 36.4 Å². The Balaban J connectivity index is 2.10. The Hall–Kier alpha value is -1.43. The van der Waals surface area contributed by atoms with E-state index in [1.54, 1.807) is 6.20 Å². The zero-order valence-corrected chi connectivity index (χ0v) is 11.1. The summed E-state index contributed by atoms with van der Waals surface area (Å²) in [6.07, 6.45) is 1.55. The van der Waals surface area contributed by atoms with Crippen molar-refractivity contribution in [1.82, 2.24) is 15.2 Å². The average molecular weight is 299 g/mol. The highest BCUT2D eigenvalue weighted by Crippen LogP contribution is 2.17. The zero-order chi connectivity index (χ0) is 12.4. The van der Waals surface area contributed by atoms with Gasteiger partial charge in [-0.25, -0.2) is 9.37 Å². The fourth-order valence-corrected chi connectivity index (χ4v) is 1.72. The molecule has 2 aromatic heterocycles. The lowest BCUT2D eigenvalue weighted by Gasteiger charge is -2.05. The van der Waals surface area contributed by atoms with Crippen molar-refractivity contribution in [3.8, 4) is 0 Å². The summed E-state index contributed by atoms with van der Waals surface area (Å²) in [5.41, 5.74) is 2.97. The molecule has 0 atom stereocenters. The third-order valence-electron chi connectivity index (χ3n) is 2.59. The Labute approximate surface area is 107 Å². The van der Waals surface area contributed by atoms with Gasteiger partial charge in [-0.15, -0.1) is 0 Å². The average Bonchev–Trinajstić information content (AvgIpc) is 2.59. The van der Waals surface area contributed by atoms with Gasteiger partial charge in [-0.05, 0) is 41.4 Å². The molecule has 0 amide bonds. The Morgan fingerprint density at radius 1 is 1.47 bits per heavy atom. The maximum atomic E-state index is 13.5. The number of halogens is 2. The molecule has 0 fully saturated rings. The summed E-state index contributed by atoms with van der Waals surface area (Å²) in [4.78, 5) is 3.96. The summed E-state index contributed by atoms with van der Waals surface area (Å²) in [5, 5.41) is 9.94. The Morgan fingerprint density at radius 2 is 2.24 bits per heavy atom. The first-order valence-electron chi connectivity index (χ1n) is 5.13. The van der Waals surface area contributed by atoms with Crippen LogP contribution in [0.3, 0.4) is 0 Å². The fraction of sp³-hybridized carbons (Fsp3) is 0.273. The Bertz CT molecular complexity index is 538. The van der Waals surface area contributed by atoms with E-state index in [1.807, 2.05) is 13.8 Å². The van der Waals surface area contributed by atoms with Crippen LogP contribution < -0.4 is 5.32 Å². The monoisotopic (exact) mass is 298 g/mol. The van der Waals surface area contributed by atoms with E-state index in [0.29, 0.717) is 11.0 Å². The molecule has 0 saturated heterocycles. The molecule has 0 bridgehead atoms. The van der Waals surface area contributed by atoms with Crippen molar-refractivity contribution in [3.05, 3.63) is 39.5 Å². The van der Waals surface area contributed by atoms with Crippen LogP contribution in [0.4, 0.5) is 10.2 Å². The van der Waals surface area contributed by atoms with E-state index >= 15 is 0 Å². The molecular formula is C11H12BrFN4. The van der Waals surface area contributed by atoms with Crippen LogP contribution in [0.5, 0.6) is 0 Å². The van der Waals surface area contributed by atoms with E-state index in [1.165, 1.54) is 6.07 Å². The highest BCUT2D eigenvalue weighted by Gasteiger charge is 2.08. The smallest absolute Gasteiger partial charge is 0.166 e. The minimum Gasteiger partial charge on any atom is -0.362 e. The molecule has 17 heavy (non-hydrogen) atoms. The van der Waals surface area contributed by atoms with Crippen molar-refractivity contribution in [3.63, 3.8) is 0 Å². The van der Waals surface area contributed by atoms with Crippen molar-refractivity contribution in [2.24, 2.45) is 0 Å². The topological polar surface area (TPSA) is 53.6 Å². The first-order chi connectivity index (χ1) is 8.08. The first-order valence-corrected chi connectivity index (χ1v) is 5.92. The molecule has 0 aliphatic rings. The fourth-order valence-electron chi connectivity index (χ4n) is 1.42. The summed E-state index contributed by atoms with van der Waals surface area (Å²) < 4.78 is 14.1. The summed E-state index contributed by atoms with van der Waals surface area (Å²) in [6, 6.07) is 1.37. The van der Waals surface area contributed by atoms with Crippen molar-refractivity contribution in [1.29, 1.82) is 0 Å². The standard InChI is InChI=1S/C11H12BrFN4/c1-6-7(2)16-17-10(6)5-15-11-9(13)3-8(12)4-14-11/h3-4H,5H2,1-2H3,(H,14,15)(H,16,17). The largest absolute Gasteiger partial charge is 0.362 e. The SMILES string of the molecule is Cc1[nH]nc(CNc2ncc(Br)cc2F)c1C. The molecule has 2 aromatic rings. The number of rotatable bonds is 3. The van der Waals surface area contributed by atoms with Crippen molar-refractivity contribution < 1.29 is 4.39 Å². The van der Waals surface area contributed by atoms with Crippen molar-refractivity contribution in [2.75, 3.05) is 5.32 Å². The van der Waals surface area contributed by atoms with Gasteiger partial charge < -0.3 is 5.32 Å². The maximum absolute atomic E-state index is 13.5. The molecule has 2 N–H and O–H groups in total. The number of nitrogens with one attached hydrogen (secondary N) is 2. The number of nitrogens with zero attached hydrogens (tertiary/aromatic N) is 2. The predicted molar refractivity (Wildman–Crippen MR) is 67.3 cm³/mol. The van der Waals surface area contributed by atoms with Gasteiger partial charge in [0.05, 0.1) is 12.2 Å². The van der Waals surface area contributed by atoms with E-state index in [4.69, 9.17) is 0 Å². The minimum absolute atomic E-state index is 0.230. The van der Waals surface area contributed by atoms with Crippen LogP contribution in [0, 0.1) is 19.7 Å². The first kappa shape index (κ1) is 12.0. The van der Waals surface area contributed by atoms with E-state index in [9.17, 15) is 4.39 Å². The molecule has 0 saturated carbocycles. The maximum Gasteiger partial charge on any atom is 0.166 e. The molecule has 0 spiro atoms. The summed E-state index contributed by atoms with van der Waals surface area (Å²) in [6.45, 7) is 4.37. The van der Waals surface area contributed by atoms with E-state index < -0.39 is 0 Å². The van der Waals surface area contributed by atoms with Gasteiger partial charge in [-0.1, -0.05) is 0 Å². The number of pyridine rings is 1. The van der Waals surface area contributed by atoms with Gasteiger partial charge in [-0.3, -0.25) is 5.10 Å². The number of aryl methyl sites for hydroxylation is 1. The van der Waals surface area contributed by atoms with Gasteiger partial charge in [0, 0.05) is 16.4 Å². The lowest BCUT2D eigenvalue weighted by Crippen LogP contribution is -2.05. The highest BCUT2D eigenvalue weighted by atomic mass is 79.9. The number of aromatic nitrogens is 3. The van der Waals surface area contributed by atoms with Crippen LogP contribution in [-0.4, -0.2) is 15.2 Å². The number of hydrogen-bond donors (Lipinski definition) is 2. The van der Waals surface area contributed by atoms with Gasteiger partial charge >= 0.3 is 0 Å². The number of aromatic amines is 1. The number of hydrogen-bond acceptors (Lipinski definition) is 3. The third kappa shape index (κ3) is 2.63. The van der Waals surface area contributed by atoms with Gasteiger partial charge in [0.2, 0.25) is 0 Å². The van der Waals surface area contributed by atoms with Crippen molar-refractivity contribution in [2.45, 2.75) is 20.4 Å². The molecular weight excluding hydrogens is 287 g/mol. The van der Waals surface area contributed by atoms with Gasteiger partial charge in [0.15, 0.2) is 11.6 Å². The lowest BCUT2D eigenvalue weighted by molar-refractivity contribution is 0.623. The molecule has 0 aromatic carbocycles. The van der Waals surface area contributed by atoms with Crippen LogP contribution in [-0.2, 0) is 6.54 Å². The van der Waals surface area contributed by atoms with Crippen LogP contribution in [0.15, 0.2) is 16.7 Å². The quantitative estimate of drug-likeness (QED) is 0.916. The summed E-state index contributed by atoms with van der Waals surface area (Å²) >= 11 is 3.16. The van der Waals surface area contributed by atoms with Gasteiger partial charge in [-0.2, -0.15) is 5.10 Å².